The molecule has 3 rings (SSSR count). The maximum atomic E-state index is 5.91. The van der Waals surface area contributed by atoms with Crippen LogP contribution < -0.4 is 15.2 Å². The number of nitrogens with one attached hydrogen (secondary N) is 1. The van der Waals surface area contributed by atoms with Crippen LogP contribution in [-0.2, 0) is 6.54 Å². The maximum Gasteiger partial charge on any atom is 0.222 e. The molecular weight excluding hydrogens is 334 g/mol. The lowest BCUT2D eigenvalue weighted by Crippen LogP contribution is -2.35. The molecule has 0 radical (unpaired) electrons. The molecule has 1 saturated heterocycles. The van der Waals surface area contributed by atoms with E-state index < -0.39 is 0 Å². The summed E-state index contributed by atoms with van der Waals surface area (Å²) < 4.78 is 5.91. The van der Waals surface area contributed by atoms with Crippen LogP contribution in [0.4, 0.5) is 5.13 Å². The lowest BCUT2D eigenvalue weighted by atomic mass is 10.1. The summed E-state index contributed by atoms with van der Waals surface area (Å²) in [6.45, 7) is 5.01. The van der Waals surface area contributed by atoms with Crippen LogP contribution in [0.3, 0.4) is 0 Å². The Labute approximate surface area is 153 Å². The summed E-state index contributed by atoms with van der Waals surface area (Å²) >= 11 is 1.51. The molecule has 0 amide bonds. The number of rotatable bonds is 9. The summed E-state index contributed by atoms with van der Waals surface area (Å²) in [4.78, 5) is 2.54. The molecule has 0 unspecified atom stereocenters. The molecule has 6 nitrogen and oxygen atoms in total. The molecule has 0 bridgehead atoms. The summed E-state index contributed by atoms with van der Waals surface area (Å²) in [5, 5.41) is 10.6. The molecule has 1 aromatic carbocycles. The minimum atomic E-state index is 0.699. The Hall–Kier alpha value is -1.70. The van der Waals surface area contributed by atoms with Gasteiger partial charge in [-0.05, 0) is 50.0 Å². The van der Waals surface area contributed by atoms with Crippen molar-refractivity contribution in [1.29, 1.82) is 0 Å². The van der Waals surface area contributed by atoms with E-state index in [1.165, 1.54) is 49.3 Å². The van der Waals surface area contributed by atoms with Gasteiger partial charge in [0.1, 0.15) is 11.3 Å². The SMILES string of the molecule is CN(NCCCOc1cccc(CN2CCCCC2)c1)c1nncs1. The predicted octanol–water partition coefficient (Wildman–Crippen LogP) is 2.93. The van der Waals surface area contributed by atoms with Crippen LogP contribution in [0, 0.1) is 0 Å². The molecule has 1 aliphatic rings. The fourth-order valence-electron chi connectivity index (χ4n) is 3.00. The van der Waals surface area contributed by atoms with Gasteiger partial charge in [-0.15, -0.1) is 10.2 Å². The number of hydrazine groups is 1. The van der Waals surface area contributed by atoms with Crippen molar-refractivity contribution in [1.82, 2.24) is 20.5 Å². The van der Waals surface area contributed by atoms with Crippen LogP contribution >= 0.6 is 11.3 Å². The van der Waals surface area contributed by atoms with Gasteiger partial charge in [0.25, 0.3) is 0 Å². The van der Waals surface area contributed by atoms with Crippen LogP contribution in [-0.4, -0.2) is 48.4 Å². The Morgan fingerprint density at radius 3 is 2.96 bits per heavy atom. The molecule has 25 heavy (non-hydrogen) atoms. The summed E-state index contributed by atoms with van der Waals surface area (Å²) in [6.07, 6.45) is 4.96. The highest BCUT2D eigenvalue weighted by molar-refractivity contribution is 7.13. The fourth-order valence-corrected chi connectivity index (χ4v) is 3.50. The Kier molecular flexibility index (Phi) is 7.02. The average Bonchev–Trinajstić information content (AvgIpc) is 3.17. The first kappa shape index (κ1) is 18.1. The zero-order chi connectivity index (χ0) is 17.3. The van der Waals surface area contributed by atoms with Crippen LogP contribution in [0.1, 0.15) is 31.2 Å². The van der Waals surface area contributed by atoms with E-state index in [-0.39, 0.29) is 0 Å². The van der Waals surface area contributed by atoms with E-state index in [1.54, 1.807) is 5.51 Å². The maximum absolute atomic E-state index is 5.91. The number of ether oxygens (including phenoxy) is 1. The van der Waals surface area contributed by atoms with Gasteiger partial charge >= 0.3 is 0 Å². The van der Waals surface area contributed by atoms with Gasteiger partial charge in [0.05, 0.1) is 6.61 Å². The van der Waals surface area contributed by atoms with Crippen molar-refractivity contribution >= 4 is 16.5 Å². The molecule has 0 atom stereocenters. The van der Waals surface area contributed by atoms with Gasteiger partial charge in [0.2, 0.25) is 5.13 Å². The smallest absolute Gasteiger partial charge is 0.222 e. The summed E-state index contributed by atoms with van der Waals surface area (Å²) in [5.74, 6) is 0.965. The monoisotopic (exact) mass is 361 g/mol. The molecule has 7 heteroatoms. The zero-order valence-corrected chi connectivity index (χ0v) is 15.7. The predicted molar refractivity (Wildman–Crippen MR) is 102 cm³/mol. The zero-order valence-electron chi connectivity index (χ0n) is 14.9. The van der Waals surface area contributed by atoms with Gasteiger partial charge in [0, 0.05) is 20.1 Å². The molecule has 0 aliphatic carbocycles. The third-order valence-corrected chi connectivity index (χ3v) is 5.09. The molecule has 1 aliphatic heterocycles. The minimum Gasteiger partial charge on any atom is -0.494 e. The Balaban J connectivity index is 1.36. The van der Waals surface area contributed by atoms with Crippen molar-refractivity contribution in [3.05, 3.63) is 35.3 Å². The summed E-state index contributed by atoms with van der Waals surface area (Å²) in [7, 11) is 1.95. The second-order valence-corrected chi connectivity index (χ2v) is 7.19. The normalized spacial score (nSPS) is 15.2. The number of aromatic nitrogens is 2. The third kappa shape index (κ3) is 5.95. The van der Waals surface area contributed by atoms with Gasteiger partial charge in [-0.3, -0.25) is 9.91 Å². The molecule has 2 aromatic rings. The first-order chi connectivity index (χ1) is 12.3. The van der Waals surface area contributed by atoms with Gasteiger partial charge < -0.3 is 4.74 Å². The minimum absolute atomic E-state index is 0.699. The van der Waals surface area contributed by atoms with E-state index in [1.807, 2.05) is 18.1 Å². The van der Waals surface area contributed by atoms with Crippen molar-refractivity contribution in [2.75, 3.05) is 38.3 Å². The standard InChI is InChI=1S/C18H27N5OS/c1-22(18-21-19-15-25-18)20-9-6-12-24-17-8-5-7-16(13-17)14-23-10-3-2-4-11-23/h5,7-8,13,15,20H,2-4,6,9-12,14H2,1H3. The molecule has 1 aromatic heterocycles. The first-order valence-corrected chi connectivity index (χ1v) is 9.87. The van der Waals surface area contributed by atoms with Crippen molar-refractivity contribution < 1.29 is 4.74 Å². The number of hydrogen-bond donors (Lipinski definition) is 1. The molecule has 1 N–H and O–H groups in total. The van der Waals surface area contributed by atoms with Gasteiger partial charge in [-0.2, -0.15) is 0 Å². The third-order valence-electron chi connectivity index (χ3n) is 4.33. The summed E-state index contributed by atoms with van der Waals surface area (Å²) in [5.41, 5.74) is 6.36. The Morgan fingerprint density at radius 1 is 1.28 bits per heavy atom. The molecule has 2 heterocycles. The van der Waals surface area contributed by atoms with E-state index in [0.717, 1.165) is 30.4 Å². The van der Waals surface area contributed by atoms with Crippen molar-refractivity contribution in [3.8, 4) is 5.75 Å². The van der Waals surface area contributed by atoms with Crippen molar-refractivity contribution in [3.63, 3.8) is 0 Å². The molecule has 0 saturated carbocycles. The number of likely N-dealkylation sites (tertiary alicyclic amines) is 1. The highest BCUT2D eigenvalue weighted by Crippen LogP contribution is 2.17. The topological polar surface area (TPSA) is 53.5 Å². The Bertz CT molecular complexity index is 616. The highest BCUT2D eigenvalue weighted by Gasteiger charge is 2.10. The molecule has 136 valence electrons. The Morgan fingerprint density at radius 2 is 2.16 bits per heavy atom. The lowest BCUT2D eigenvalue weighted by molar-refractivity contribution is 0.220. The van der Waals surface area contributed by atoms with Crippen molar-refractivity contribution in [2.24, 2.45) is 0 Å². The van der Waals surface area contributed by atoms with E-state index in [2.05, 4.69) is 38.7 Å². The van der Waals surface area contributed by atoms with Crippen molar-refractivity contribution in [2.45, 2.75) is 32.2 Å². The average molecular weight is 362 g/mol. The summed E-state index contributed by atoms with van der Waals surface area (Å²) in [6, 6.07) is 8.51. The second-order valence-electron chi connectivity index (χ2n) is 6.37. The molecule has 1 fully saturated rings. The number of piperidine rings is 1. The molecular formula is C18H27N5OS. The van der Waals surface area contributed by atoms with Crippen LogP contribution in [0.15, 0.2) is 29.8 Å². The van der Waals surface area contributed by atoms with E-state index in [4.69, 9.17) is 4.74 Å². The number of nitrogens with zero attached hydrogens (tertiary/aromatic N) is 4. The van der Waals surface area contributed by atoms with Crippen LogP contribution in [0.5, 0.6) is 5.75 Å². The van der Waals surface area contributed by atoms with E-state index in [9.17, 15) is 0 Å². The van der Waals surface area contributed by atoms with Gasteiger partial charge in [-0.25, -0.2) is 5.43 Å². The van der Waals surface area contributed by atoms with E-state index >= 15 is 0 Å². The second kappa shape index (κ2) is 9.70. The van der Waals surface area contributed by atoms with Crippen LogP contribution in [0.2, 0.25) is 0 Å². The van der Waals surface area contributed by atoms with Gasteiger partial charge in [-0.1, -0.05) is 29.9 Å². The first-order valence-electron chi connectivity index (χ1n) is 8.99. The highest BCUT2D eigenvalue weighted by atomic mass is 32.1. The number of benzene rings is 1. The number of hydrogen-bond acceptors (Lipinski definition) is 7. The number of anilines is 1. The van der Waals surface area contributed by atoms with E-state index in [0.29, 0.717) is 6.61 Å². The largest absolute Gasteiger partial charge is 0.494 e. The fraction of sp³-hybridized carbons (Fsp3) is 0.556. The van der Waals surface area contributed by atoms with Crippen LogP contribution in [0.25, 0.3) is 0 Å². The lowest BCUT2D eigenvalue weighted by Gasteiger charge is -2.26. The van der Waals surface area contributed by atoms with Gasteiger partial charge in [0.15, 0.2) is 0 Å². The quantitative estimate of drug-likeness (QED) is 0.547. The molecule has 0 spiro atoms.